The van der Waals surface area contributed by atoms with Crippen molar-refractivity contribution in [2.75, 3.05) is 14.1 Å². The van der Waals surface area contributed by atoms with Crippen LogP contribution in [0.3, 0.4) is 0 Å². The van der Waals surface area contributed by atoms with Crippen LogP contribution in [-0.4, -0.2) is 40.1 Å². The van der Waals surface area contributed by atoms with Gasteiger partial charge in [-0.05, 0) is 37.7 Å². The number of carbonyl (C=O) groups is 1. The van der Waals surface area contributed by atoms with E-state index in [1.165, 1.54) is 22.2 Å². The standard InChI is InChI=1S/C16H21N3O2S2/c1-8-5-6-10-11(7-8)23-14-12(10)13(20)17-16(18-14)22-9(2)15(21)19(3)4/h8-9H,5-7H2,1-4H3,(H,17,18,20)/t8-,9+/m1/s1. The summed E-state index contributed by atoms with van der Waals surface area (Å²) in [7, 11) is 3.46. The third-order valence-electron chi connectivity index (χ3n) is 4.22. The van der Waals surface area contributed by atoms with Gasteiger partial charge in [-0.15, -0.1) is 11.3 Å². The molecular weight excluding hydrogens is 330 g/mol. The van der Waals surface area contributed by atoms with Crippen molar-refractivity contribution in [3.8, 4) is 0 Å². The lowest BCUT2D eigenvalue weighted by Crippen LogP contribution is -2.30. The summed E-state index contributed by atoms with van der Waals surface area (Å²) >= 11 is 2.94. The number of carbonyl (C=O) groups excluding carboxylic acids is 1. The number of aryl methyl sites for hydroxylation is 1. The third-order valence-corrected chi connectivity index (χ3v) is 6.34. The van der Waals surface area contributed by atoms with Crippen molar-refractivity contribution in [1.29, 1.82) is 0 Å². The van der Waals surface area contributed by atoms with E-state index in [2.05, 4.69) is 16.9 Å². The molecule has 0 aromatic carbocycles. The largest absolute Gasteiger partial charge is 0.348 e. The van der Waals surface area contributed by atoms with Gasteiger partial charge in [-0.2, -0.15) is 0 Å². The molecule has 1 aliphatic rings. The number of aromatic nitrogens is 2. The third kappa shape index (κ3) is 3.17. The number of amides is 1. The number of nitrogens with one attached hydrogen (secondary N) is 1. The number of hydrogen-bond acceptors (Lipinski definition) is 5. The highest BCUT2D eigenvalue weighted by atomic mass is 32.2. The Morgan fingerprint density at radius 1 is 1.48 bits per heavy atom. The molecule has 0 spiro atoms. The maximum absolute atomic E-state index is 12.5. The van der Waals surface area contributed by atoms with Crippen molar-refractivity contribution in [2.24, 2.45) is 5.92 Å². The summed E-state index contributed by atoms with van der Waals surface area (Å²) in [4.78, 5) is 35.6. The van der Waals surface area contributed by atoms with Crippen LogP contribution < -0.4 is 5.56 Å². The van der Waals surface area contributed by atoms with Crippen molar-refractivity contribution in [1.82, 2.24) is 14.9 Å². The molecule has 0 radical (unpaired) electrons. The van der Waals surface area contributed by atoms with E-state index in [0.29, 0.717) is 11.1 Å². The normalized spacial score (nSPS) is 18.7. The zero-order valence-electron chi connectivity index (χ0n) is 13.8. The molecule has 0 unspecified atom stereocenters. The number of thiophene rings is 1. The molecule has 2 aromatic rings. The number of nitrogens with zero attached hydrogens (tertiary/aromatic N) is 2. The van der Waals surface area contributed by atoms with Crippen molar-refractivity contribution in [3.63, 3.8) is 0 Å². The number of H-pyrrole nitrogens is 1. The van der Waals surface area contributed by atoms with E-state index in [4.69, 9.17) is 0 Å². The summed E-state index contributed by atoms with van der Waals surface area (Å²) in [5.41, 5.74) is 1.11. The molecule has 1 aliphatic carbocycles. The van der Waals surface area contributed by atoms with Gasteiger partial charge in [-0.3, -0.25) is 9.59 Å². The van der Waals surface area contributed by atoms with Gasteiger partial charge in [-0.1, -0.05) is 18.7 Å². The monoisotopic (exact) mass is 351 g/mol. The molecule has 1 amide bonds. The summed E-state index contributed by atoms with van der Waals surface area (Å²) in [6.45, 7) is 4.08. The zero-order valence-corrected chi connectivity index (χ0v) is 15.4. The van der Waals surface area contributed by atoms with Crippen LogP contribution in [0.1, 0.15) is 30.7 Å². The van der Waals surface area contributed by atoms with Crippen LogP contribution in [0.15, 0.2) is 9.95 Å². The molecule has 23 heavy (non-hydrogen) atoms. The van der Waals surface area contributed by atoms with E-state index in [9.17, 15) is 9.59 Å². The Labute approximate surface area is 143 Å². The van der Waals surface area contributed by atoms with E-state index in [1.54, 1.807) is 30.3 Å². The second-order valence-corrected chi connectivity index (χ2v) is 8.81. The van der Waals surface area contributed by atoms with E-state index in [1.807, 2.05) is 6.92 Å². The zero-order chi connectivity index (χ0) is 16.7. The minimum Gasteiger partial charge on any atom is -0.348 e. The number of aromatic amines is 1. The minimum atomic E-state index is -0.278. The summed E-state index contributed by atoms with van der Waals surface area (Å²) in [5, 5.41) is 1.00. The van der Waals surface area contributed by atoms with Gasteiger partial charge < -0.3 is 9.88 Å². The maximum atomic E-state index is 12.5. The van der Waals surface area contributed by atoms with Crippen molar-refractivity contribution in [2.45, 2.75) is 43.5 Å². The average Bonchev–Trinajstić information content (AvgIpc) is 2.83. The number of fused-ring (bicyclic) bond motifs is 3. The number of rotatable bonds is 3. The molecule has 2 aromatic heterocycles. The summed E-state index contributed by atoms with van der Waals surface area (Å²) < 4.78 is 0. The summed E-state index contributed by atoms with van der Waals surface area (Å²) in [6.07, 6.45) is 3.13. The van der Waals surface area contributed by atoms with Crippen molar-refractivity contribution >= 4 is 39.2 Å². The highest BCUT2D eigenvalue weighted by molar-refractivity contribution is 8.00. The summed E-state index contributed by atoms with van der Waals surface area (Å²) in [6, 6.07) is 0. The van der Waals surface area contributed by atoms with Gasteiger partial charge in [0.05, 0.1) is 10.6 Å². The first-order valence-electron chi connectivity index (χ1n) is 7.79. The van der Waals surface area contributed by atoms with E-state index >= 15 is 0 Å². The SMILES string of the molecule is C[C@@H]1CCc2c(sc3nc(S[C@@H](C)C(=O)N(C)C)[nH]c(=O)c23)C1. The molecule has 2 heterocycles. The van der Waals surface area contributed by atoms with Gasteiger partial charge in [0.25, 0.3) is 5.56 Å². The maximum Gasteiger partial charge on any atom is 0.260 e. The van der Waals surface area contributed by atoms with Gasteiger partial charge >= 0.3 is 0 Å². The van der Waals surface area contributed by atoms with Crippen LogP contribution in [-0.2, 0) is 17.6 Å². The quantitative estimate of drug-likeness (QED) is 0.682. The molecule has 0 saturated heterocycles. The lowest BCUT2D eigenvalue weighted by molar-refractivity contribution is -0.127. The van der Waals surface area contributed by atoms with Crippen molar-refractivity contribution < 1.29 is 4.79 Å². The Morgan fingerprint density at radius 2 is 2.22 bits per heavy atom. The molecule has 124 valence electrons. The second kappa shape index (κ2) is 6.28. The lowest BCUT2D eigenvalue weighted by Gasteiger charge is -2.17. The van der Waals surface area contributed by atoms with E-state index < -0.39 is 0 Å². The Balaban J connectivity index is 1.96. The molecule has 0 aliphatic heterocycles. The molecule has 1 N–H and O–H groups in total. The Kier molecular flexibility index (Phi) is 4.51. The fourth-order valence-electron chi connectivity index (χ4n) is 2.97. The van der Waals surface area contributed by atoms with Gasteiger partial charge in [0.15, 0.2) is 5.16 Å². The highest BCUT2D eigenvalue weighted by Gasteiger charge is 2.24. The molecule has 2 atom stereocenters. The predicted octanol–water partition coefficient (Wildman–Crippen LogP) is 2.68. The summed E-state index contributed by atoms with van der Waals surface area (Å²) in [5.74, 6) is 0.679. The van der Waals surface area contributed by atoms with Gasteiger partial charge in [-0.25, -0.2) is 4.98 Å². The Morgan fingerprint density at radius 3 is 2.91 bits per heavy atom. The topological polar surface area (TPSA) is 66.1 Å². The number of thioether (sulfide) groups is 1. The number of hydrogen-bond donors (Lipinski definition) is 1. The van der Waals surface area contributed by atoms with Crippen LogP contribution in [0.5, 0.6) is 0 Å². The van der Waals surface area contributed by atoms with Crippen LogP contribution in [0.25, 0.3) is 10.2 Å². The molecule has 0 fully saturated rings. The molecular formula is C16H21N3O2S2. The van der Waals surface area contributed by atoms with Crippen LogP contribution in [0.4, 0.5) is 0 Å². The first kappa shape index (κ1) is 16.5. The molecule has 5 nitrogen and oxygen atoms in total. The van der Waals surface area contributed by atoms with Gasteiger partial charge in [0, 0.05) is 19.0 Å². The lowest BCUT2D eigenvalue weighted by atomic mass is 9.89. The molecule has 3 rings (SSSR count). The average molecular weight is 351 g/mol. The fourth-order valence-corrected chi connectivity index (χ4v) is 5.35. The van der Waals surface area contributed by atoms with Crippen LogP contribution in [0, 0.1) is 5.92 Å². The Bertz CT molecular complexity index is 809. The first-order chi connectivity index (χ1) is 10.9. The minimum absolute atomic E-state index is 0.0112. The van der Waals surface area contributed by atoms with Crippen LogP contribution >= 0.6 is 23.1 Å². The smallest absolute Gasteiger partial charge is 0.260 e. The Hall–Kier alpha value is -1.34. The highest BCUT2D eigenvalue weighted by Crippen LogP contribution is 2.36. The molecule has 0 saturated carbocycles. The van der Waals surface area contributed by atoms with Crippen molar-refractivity contribution in [3.05, 3.63) is 20.8 Å². The van der Waals surface area contributed by atoms with Crippen LogP contribution in [0.2, 0.25) is 0 Å². The first-order valence-corrected chi connectivity index (χ1v) is 9.48. The predicted molar refractivity (Wildman–Crippen MR) is 95.4 cm³/mol. The molecule has 0 bridgehead atoms. The van der Waals surface area contributed by atoms with Gasteiger partial charge in [0.2, 0.25) is 5.91 Å². The molecule has 7 heteroatoms. The van der Waals surface area contributed by atoms with Gasteiger partial charge in [0.1, 0.15) is 4.83 Å². The van der Waals surface area contributed by atoms with E-state index in [-0.39, 0.29) is 16.7 Å². The fraction of sp³-hybridized carbons (Fsp3) is 0.562. The van der Waals surface area contributed by atoms with E-state index in [0.717, 1.165) is 29.5 Å². The second-order valence-electron chi connectivity index (χ2n) is 6.40.